The molecule has 1 atom stereocenters. The van der Waals surface area contributed by atoms with Crippen molar-refractivity contribution in [1.82, 2.24) is 10.3 Å². The fourth-order valence-electron chi connectivity index (χ4n) is 1.83. The highest BCUT2D eigenvalue weighted by Crippen LogP contribution is 2.26. The van der Waals surface area contributed by atoms with Gasteiger partial charge in [0.2, 0.25) is 0 Å². The van der Waals surface area contributed by atoms with Gasteiger partial charge >= 0.3 is 6.18 Å². The largest absolute Gasteiger partial charge is 0.431 e. The van der Waals surface area contributed by atoms with Crippen LogP contribution in [-0.4, -0.2) is 28.6 Å². The lowest BCUT2D eigenvalue weighted by Gasteiger charge is -2.18. The molecule has 1 rings (SSSR count). The molecule has 8 heteroatoms. The molecule has 0 aliphatic carbocycles. The van der Waals surface area contributed by atoms with Gasteiger partial charge < -0.3 is 15.4 Å². The summed E-state index contributed by atoms with van der Waals surface area (Å²) in [6, 6.07) is 0.896. The van der Waals surface area contributed by atoms with Gasteiger partial charge in [-0.3, -0.25) is 9.59 Å². The number of H-pyrrole nitrogens is 1. The Bertz CT molecular complexity index is 552. The second kappa shape index (κ2) is 6.75. The Balaban J connectivity index is 2.91. The zero-order valence-corrected chi connectivity index (χ0v) is 11.6. The van der Waals surface area contributed by atoms with Crippen molar-refractivity contribution >= 4 is 5.91 Å². The van der Waals surface area contributed by atoms with E-state index in [1.165, 1.54) is 0 Å². The smallest absolute Gasteiger partial charge is 0.394 e. The Morgan fingerprint density at radius 2 is 2.00 bits per heavy atom. The summed E-state index contributed by atoms with van der Waals surface area (Å²) in [7, 11) is 0. The first-order valence-electron chi connectivity index (χ1n) is 6.37. The van der Waals surface area contributed by atoms with Crippen molar-refractivity contribution in [2.75, 3.05) is 6.61 Å². The first-order chi connectivity index (χ1) is 9.65. The van der Waals surface area contributed by atoms with E-state index in [1.807, 2.05) is 13.8 Å². The predicted molar refractivity (Wildman–Crippen MR) is 69.9 cm³/mol. The molecule has 3 N–H and O–H groups in total. The van der Waals surface area contributed by atoms with Crippen LogP contribution < -0.4 is 10.9 Å². The van der Waals surface area contributed by atoms with Crippen molar-refractivity contribution in [2.45, 2.75) is 32.5 Å². The molecule has 0 radical (unpaired) electrons. The molecule has 5 nitrogen and oxygen atoms in total. The van der Waals surface area contributed by atoms with Crippen LogP contribution in [0.4, 0.5) is 13.2 Å². The van der Waals surface area contributed by atoms with Crippen LogP contribution in [0.5, 0.6) is 0 Å². The number of hydrogen-bond acceptors (Lipinski definition) is 3. The number of rotatable bonds is 5. The third-order valence-electron chi connectivity index (χ3n) is 2.77. The lowest BCUT2D eigenvalue weighted by atomic mass is 10.0. The number of halogens is 3. The molecule has 1 heterocycles. The molecule has 0 bridgehead atoms. The Hall–Kier alpha value is -1.83. The van der Waals surface area contributed by atoms with Crippen molar-refractivity contribution in [1.29, 1.82) is 0 Å². The Morgan fingerprint density at radius 1 is 1.38 bits per heavy atom. The number of carbonyl (C=O) groups is 1. The van der Waals surface area contributed by atoms with E-state index in [9.17, 15) is 22.8 Å². The Labute approximate surface area is 119 Å². The molecule has 118 valence electrons. The Kier molecular flexibility index (Phi) is 5.54. The summed E-state index contributed by atoms with van der Waals surface area (Å²) in [6.45, 7) is 3.46. The van der Waals surface area contributed by atoms with E-state index in [2.05, 4.69) is 5.32 Å². The molecule has 0 saturated carbocycles. The number of aliphatic hydroxyl groups excluding tert-OH is 1. The molecule has 0 spiro atoms. The normalized spacial score (nSPS) is 13.3. The molecule has 0 fully saturated rings. The predicted octanol–water partition coefficient (Wildman–Crippen LogP) is 1.53. The van der Waals surface area contributed by atoms with Gasteiger partial charge in [-0.25, -0.2) is 0 Å². The summed E-state index contributed by atoms with van der Waals surface area (Å²) in [5, 5.41) is 11.6. The van der Waals surface area contributed by atoms with Crippen LogP contribution in [0.2, 0.25) is 0 Å². The van der Waals surface area contributed by atoms with E-state index in [0.717, 1.165) is 6.07 Å². The van der Waals surface area contributed by atoms with Crippen LogP contribution in [0.1, 0.15) is 36.3 Å². The summed E-state index contributed by atoms with van der Waals surface area (Å²) in [5.74, 6) is -0.613. The fraction of sp³-hybridized carbons (Fsp3) is 0.538. The van der Waals surface area contributed by atoms with E-state index in [-0.39, 0.29) is 12.5 Å². The van der Waals surface area contributed by atoms with Crippen LogP contribution >= 0.6 is 0 Å². The zero-order chi connectivity index (χ0) is 16.2. The average Bonchev–Trinajstić information content (AvgIpc) is 2.35. The topological polar surface area (TPSA) is 82.2 Å². The van der Waals surface area contributed by atoms with Crippen molar-refractivity contribution in [3.63, 3.8) is 0 Å². The van der Waals surface area contributed by atoms with Gasteiger partial charge in [0.1, 0.15) is 11.3 Å². The molecule has 1 amide bonds. The maximum absolute atomic E-state index is 12.4. The molecule has 21 heavy (non-hydrogen) atoms. The van der Waals surface area contributed by atoms with Crippen LogP contribution in [0.3, 0.4) is 0 Å². The molecule has 1 aromatic heterocycles. The van der Waals surface area contributed by atoms with E-state index in [0.29, 0.717) is 12.5 Å². The molecule has 0 saturated heterocycles. The zero-order valence-electron chi connectivity index (χ0n) is 11.6. The van der Waals surface area contributed by atoms with Gasteiger partial charge in [-0.05, 0) is 24.5 Å². The number of carbonyl (C=O) groups excluding carboxylic acids is 1. The van der Waals surface area contributed by atoms with Gasteiger partial charge in [0.15, 0.2) is 0 Å². The minimum absolute atomic E-state index is 0.202. The SMILES string of the molecule is CC(C)CC(CO)NC(=O)c1ccc(C(F)(F)F)[nH]c1=O. The van der Waals surface area contributed by atoms with E-state index >= 15 is 0 Å². The van der Waals surface area contributed by atoms with Gasteiger partial charge in [0.05, 0.1) is 12.6 Å². The van der Waals surface area contributed by atoms with Crippen molar-refractivity contribution in [2.24, 2.45) is 5.92 Å². The number of amides is 1. The molecule has 0 aliphatic heterocycles. The van der Waals surface area contributed by atoms with Gasteiger partial charge in [0.25, 0.3) is 11.5 Å². The highest BCUT2D eigenvalue weighted by atomic mass is 19.4. The van der Waals surface area contributed by atoms with E-state index < -0.39 is 34.9 Å². The summed E-state index contributed by atoms with van der Waals surface area (Å²) in [5.41, 5.74) is -2.77. The summed E-state index contributed by atoms with van der Waals surface area (Å²) >= 11 is 0. The lowest BCUT2D eigenvalue weighted by molar-refractivity contribution is -0.141. The van der Waals surface area contributed by atoms with Gasteiger partial charge in [-0.15, -0.1) is 0 Å². The maximum atomic E-state index is 12.4. The van der Waals surface area contributed by atoms with Crippen molar-refractivity contribution < 1.29 is 23.1 Å². The van der Waals surface area contributed by atoms with Crippen molar-refractivity contribution in [3.05, 3.63) is 33.7 Å². The number of nitrogens with one attached hydrogen (secondary N) is 2. The van der Waals surface area contributed by atoms with Crippen LogP contribution in [0.25, 0.3) is 0 Å². The van der Waals surface area contributed by atoms with Crippen molar-refractivity contribution in [3.8, 4) is 0 Å². The average molecular weight is 306 g/mol. The lowest BCUT2D eigenvalue weighted by Crippen LogP contribution is -2.40. The maximum Gasteiger partial charge on any atom is 0.431 e. The minimum Gasteiger partial charge on any atom is -0.394 e. The highest BCUT2D eigenvalue weighted by molar-refractivity contribution is 5.94. The standard InChI is InChI=1S/C13H17F3N2O3/c1-7(2)5-8(6-19)17-11(20)9-3-4-10(13(14,15)16)18-12(9)21/h3-4,7-8,19H,5-6H2,1-2H3,(H,17,20)(H,18,21). The first-order valence-corrected chi connectivity index (χ1v) is 6.37. The number of hydrogen-bond donors (Lipinski definition) is 3. The number of alkyl halides is 3. The third-order valence-corrected chi connectivity index (χ3v) is 2.77. The van der Waals surface area contributed by atoms with Crippen LogP contribution in [-0.2, 0) is 6.18 Å². The minimum atomic E-state index is -4.68. The number of aromatic amines is 1. The number of aliphatic hydroxyl groups is 1. The van der Waals surface area contributed by atoms with Gasteiger partial charge in [0, 0.05) is 0 Å². The van der Waals surface area contributed by atoms with Crippen LogP contribution in [0, 0.1) is 5.92 Å². The molecule has 1 aromatic rings. The Morgan fingerprint density at radius 3 is 2.43 bits per heavy atom. The summed E-state index contributed by atoms with van der Waals surface area (Å²) < 4.78 is 37.2. The van der Waals surface area contributed by atoms with E-state index in [4.69, 9.17) is 5.11 Å². The fourth-order valence-corrected chi connectivity index (χ4v) is 1.83. The summed E-state index contributed by atoms with van der Waals surface area (Å²) in [6.07, 6.45) is -4.19. The molecule has 1 unspecified atom stereocenters. The summed E-state index contributed by atoms with van der Waals surface area (Å²) in [4.78, 5) is 25.0. The highest BCUT2D eigenvalue weighted by Gasteiger charge is 2.32. The molecule has 0 aromatic carbocycles. The van der Waals surface area contributed by atoms with Gasteiger partial charge in [-0.2, -0.15) is 13.2 Å². The number of aromatic nitrogens is 1. The number of pyridine rings is 1. The second-order valence-electron chi connectivity index (χ2n) is 5.10. The first kappa shape index (κ1) is 17.2. The molecular formula is C13H17F3N2O3. The monoisotopic (exact) mass is 306 g/mol. The van der Waals surface area contributed by atoms with Crippen LogP contribution in [0.15, 0.2) is 16.9 Å². The second-order valence-corrected chi connectivity index (χ2v) is 5.10. The third kappa shape index (κ3) is 4.89. The molecule has 0 aliphatic rings. The van der Waals surface area contributed by atoms with Gasteiger partial charge in [-0.1, -0.05) is 13.8 Å². The quantitative estimate of drug-likeness (QED) is 0.771. The van der Waals surface area contributed by atoms with E-state index in [1.54, 1.807) is 4.98 Å². The molecular weight excluding hydrogens is 289 g/mol.